The average Bonchev–Trinajstić information content (AvgIpc) is 2.40. The summed E-state index contributed by atoms with van der Waals surface area (Å²) in [7, 11) is 0. The van der Waals surface area contributed by atoms with Gasteiger partial charge in [-0.1, -0.05) is 19.3 Å². The summed E-state index contributed by atoms with van der Waals surface area (Å²) in [5, 5.41) is 13.2. The number of nitrogens with zero attached hydrogens (tertiary/aromatic N) is 1. The molecule has 1 saturated carbocycles. The number of halogens is 2. The molecule has 114 valence electrons. The van der Waals surface area contributed by atoms with Crippen molar-refractivity contribution in [1.82, 2.24) is 5.32 Å². The fraction of sp³-hybridized carbons (Fsp3) is 0.500. The second-order valence-electron chi connectivity index (χ2n) is 5.62. The minimum absolute atomic E-state index is 0.438. The number of hydrogen-bond donors (Lipinski definition) is 1. The second-order valence-corrected chi connectivity index (χ2v) is 5.62. The van der Waals surface area contributed by atoms with E-state index in [0.717, 1.165) is 32.1 Å². The molecule has 0 spiro atoms. The van der Waals surface area contributed by atoms with Crippen LogP contribution in [0.2, 0.25) is 0 Å². The predicted molar refractivity (Wildman–Crippen MR) is 72.0 cm³/mol. The van der Waals surface area contributed by atoms with Crippen molar-refractivity contribution in [3.05, 3.63) is 39.4 Å². The van der Waals surface area contributed by atoms with Crippen LogP contribution in [0.5, 0.6) is 0 Å². The van der Waals surface area contributed by atoms with Crippen LogP contribution in [0.4, 0.5) is 14.5 Å². The average molecular weight is 298 g/mol. The van der Waals surface area contributed by atoms with Crippen molar-refractivity contribution in [2.24, 2.45) is 0 Å². The fourth-order valence-electron chi connectivity index (χ4n) is 2.65. The van der Waals surface area contributed by atoms with Gasteiger partial charge in [0.15, 0.2) is 0 Å². The van der Waals surface area contributed by atoms with Gasteiger partial charge in [-0.2, -0.15) is 4.39 Å². The quantitative estimate of drug-likeness (QED) is 0.687. The smallest absolute Gasteiger partial charge is 0.307 e. The molecule has 1 aliphatic carbocycles. The molecule has 1 N–H and O–H groups in total. The van der Waals surface area contributed by atoms with Gasteiger partial charge in [0.05, 0.1) is 16.6 Å². The molecule has 0 aliphatic heterocycles. The highest BCUT2D eigenvalue weighted by atomic mass is 19.1. The van der Waals surface area contributed by atoms with E-state index in [9.17, 15) is 23.7 Å². The molecule has 1 fully saturated rings. The lowest BCUT2D eigenvalue weighted by Gasteiger charge is -2.34. The second kappa shape index (κ2) is 5.75. The number of nitro benzene ring substituents is 1. The zero-order valence-electron chi connectivity index (χ0n) is 11.6. The van der Waals surface area contributed by atoms with Gasteiger partial charge in [-0.15, -0.1) is 0 Å². The molecular weight excluding hydrogens is 282 g/mol. The van der Waals surface area contributed by atoms with Crippen LogP contribution in [-0.4, -0.2) is 16.4 Å². The van der Waals surface area contributed by atoms with Gasteiger partial charge < -0.3 is 5.32 Å². The van der Waals surface area contributed by atoms with Crippen LogP contribution >= 0.6 is 0 Å². The van der Waals surface area contributed by atoms with Gasteiger partial charge in [-0.25, -0.2) is 4.39 Å². The van der Waals surface area contributed by atoms with Crippen LogP contribution in [0.3, 0.4) is 0 Å². The maximum atomic E-state index is 13.8. The third-order valence-electron chi connectivity index (χ3n) is 3.85. The topological polar surface area (TPSA) is 72.2 Å². The highest BCUT2D eigenvalue weighted by Crippen LogP contribution is 2.28. The van der Waals surface area contributed by atoms with E-state index in [2.05, 4.69) is 5.32 Å². The number of nitro groups is 1. The normalized spacial score (nSPS) is 17.3. The highest BCUT2D eigenvalue weighted by Gasteiger charge is 2.30. The molecule has 0 aromatic heterocycles. The summed E-state index contributed by atoms with van der Waals surface area (Å²) in [6.07, 6.45) is 4.57. The first kappa shape index (κ1) is 15.3. The van der Waals surface area contributed by atoms with E-state index in [1.165, 1.54) is 0 Å². The maximum Gasteiger partial charge on any atom is 0.307 e. The predicted octanol–water partition coefficient (Wildman–Crippen LogP) is 3.33. The van der Waals surface area contributed by atoms with Crippen molar-refractivity contribution < 1.29 is 18.5 Å². The first-order valence-electron chi connectivity index (χ1n) is 6.78. The zero-order valence-corrected chi connectivity index (χ0v) is 11.6. The van der Waals surface area contributed by atoms with E-state index in [1.54, 1.807) is 0 Å². The zero-order chi connectivity index (χ0) is 15.6. The van der Waals surface area contributed by atoms with E-state index in [0.29, 0.717) is 12.1 Å². The number of benzene rings is 1. The van der Waals surface area contributed by atoms with Gasteiger partial charge in [-0.05, 0) is 25.8 Å². The standard InChI is InChI=1S/C14H16F2N2O3/c1-14(5-3-2-4-6-14)17-13(19)9-7-11(16)12(18(20)21)8-10(9)15/h7-8H,2-6H2,1H3,(H,17,19). The molecule has 0 heterocycles. The number of rotatable bonds is 3. The highest BCUT2D eigenvalue weighted by molar-refractivity contribution is 5.95. The Labute approximate surface area is 120 Å². The van der Waals surface area contributed by atoms with E-state index in [1.807, 2.05) is 6.92 Å². The van der Waals surface area contributed by atoms with Crippen LogP contribution in [0.1, 0.15) is 49.4 Å². The third-order valence-corrected chi connectivity index (χ3v) is 3.85. The van der Waals surface area contributed by atoms with Gasteiger partial charge in [-0.3, -0.25) is 14.9 Å². The molecule has 0 saturated heterocycles. The van der Waals surface area contributed by atoms with Crippen LogP contribution in [0, 0.1) is 21.7 Å². The van der Waals surface area contributed by atoms with Crippen molar-refractivity contribution in [3.8, 4) is 0 Å². The number of carbonyl (C=O) groups excluding carboxylic acids is 1. The minimum Gasteiger partial charge on any atom is -0.347 e. The molecule has 5 nitrogen and oxygen atoms in total. The molecule has 0 unspecified atom stereocenters. The van der Waals surface area contributed by atoms with Gasteiger partial charge in [0.2, 0.25) is 5.82 Å². The van der Waals surface area contributed by atoms with Crippen LogP contribution in [0.15, 0.2) is 12.1 Å². The van der Waals surface area contributed by atoms with Crippen LogP contribution in [0.25, 0.3) is 0 Å². The third kappa shape index (κ3) is 3.34. The van der Waals surface area contributed by atoms with Crippen molar-refractivity contribution in [3.63, 3.8) is 0 Å². The Bertz CT molecular complexity index is 584. The van der Waals surface area contributed by atoms with Gasteiger partial charge in [0.1, 0.15) is 5.82 Å². The van der Waals surface area contributed by atoms with Crippen LogP contribution in [-0.2, 0) is 0 Å². The van der Waals surface area contributed by atoms with Crippen molar-refractivity contribution in [2.45, 2.75) is 44.6 Å². The van der Waals surface area contributed by atoms with Gasteiger partial charge in [0.25, 0.3) is 5.91 Å². The van der Waals surface area contributed by atoms with E-state index < -0.39 is 39.3 Å². The molecule has 0 bridgehead atoms. The molecular formula is C14H16F2N2O3. The van der Waals surface area contributed by atoms with Gasteiger partial charge in [0, 0.05) is 5.54 Å². The molecule has 7 heteroatoms. The lowest BCUT2D eigenvalue weighted by Crippen LogP contribution is -2.47. The Morgan fingerprint density at radius 1 is 1.24 bits per heavy atom. The van der Waals surface area contributed by atoms with E-state index in [-0.39, 0.29) is 0 Å². The Kier molecular flexibility index (Phi) is 4.20. The number of carbonyl (C=O) groups is 1. The minimum atomic E-state index is -1.22. The van der Waals surface area contributed by atoms with Crippen molar-refractivity contribution in [1.29, 1.82) is 0 Å². The van der Waals surface area contributed by atoms with Crippen LogP contribution < -0.4 is 5.32 Å². The molecule has 1 aliphatic rings. The fourth-order valence-corrected chi connectivity index (χ4v) is 2.65. The lowest BCUT2D eigenvalue weighted by molar-refractivity contribution is -0.387. The monoisotopic (exact) mass is 298 g/mol. The van der Waals surface area contributed by atoms with Crippen molar-refractivity contribution >= 4 is 11.6 Å². The van der Waals surface area contributed by atoms with Gasteiger partial charge >= 0.3 is 5.69 Å². The lowest BCUT2D eigenvalue weighted by atomic mass is 9.83. The molecule has 0 radical (unpaired) electrons. The molecule has 0 atom stereocenters. The number of nitrogens with one attached hydrogen (secondary N) is 1. The van der Waals surface area contributed by atoms with E-state index in [4.69, 9.17) is 0 Å². The summed E-state index contributed by atoms with van der Waals surface area (Å²) in [4.78, 5) is 21.6. The molecule has 2 rings (SSSR count). The largest absolute Gasteiger partial charge is 0.347 e. The summed E-state index contributed by atoms with van der Waals surface area (Å²) < 4.78 is 27.3. The Balaban J connectivity index is 2.23. The molecule has 1 aromatic carbocycles. The molecule has 1 aromatic rings. The number of amides is 1. The van der Waals surface area contributed by atoms with E-state index >= 15 is 0 Å². The first-order valence-corrected chi connectivity index (χ1v) is 6.78. The summed E-state index contributed by atoms with van der Waals surface area (Å²) in [6.45, 7) is 1.86. The summed E-state index contributed by atoms with van der Waals surface area (Å²) in [6, 6.07) is 1.02. The SMILES string of the molecule is CC1(NC(=O)c2cc(F)c([N+](=O)[O-])cc2F)CCCCC1. The molecule has 21 heavy (non-hydrogen) atoms. The van der Waals surface area contributed by atoms with Crippen molar-refractivity contribution in [2.75, 3.05) is 0 Å². The Morgan fingerprint density at radius 3 is 2.43 bits per heavy atom. The Hall–Kier alpha value is -2.05. The summed E-state index contributed by atoms with van der Waals surface area (Å²) in [5.74, 6) is -3.06. The summed E-state index contributed by atoms with van der Waals surface area (Å²) in [5.41, 5.74) is -1.93. The first-order chi connectivity index (χ1) is 9.82. The Morgan fingerprint density at radius 2 is 1.86 bits per heavy atom. The number of hydrogen-bond acceptors (Lipinski definition) is 3. The summed E-state index contributed by atoms with van der Waals surface area (Å²) >= 11 is 0. The maximum absolute atomic E-state index is 13.8. The molecule has 1 amide bonds.